The Balaban J connectivity index is 3.90. The summed E-state index contributed by atoms with van der Waals surface area (Å²) >= 11 is 0. The molecule has 0 bridgehead atoms. The van der Waals surface area contributed by atoms with Gasteiger partial charge in [0.15, 0.2) is 0 Å². The van der Waals surface area contributed by atoms with Crippen molar-refractivity contribution in [2.75, 3.05) is 0 Å². The zero-order chi connectivity index (χ0) is 9.07. The molecule has 0 heterocycles. The van der Waals surface area contributed by atoms with E-state index in [-0.39, 0.29) is 0 Å². The largest absolute Gasteiger partial charge is 0.443 e. The fourth-order valence-corrected chi connectivity index (χ4v) is 0.570. The van der Waals surface area contributed by atoms with Gasteiger partial charge in [0.05, 0.1) is 0 Å². The first-order chi connectivity index (χ1) is 4.81. The first-order valence-corrected chi connectivity index (χ1v) is 4.13. The first-order valence-electron chi connectivity index (χ1n) is 2.95. The molecule has 0 aliphatic carbocycles. The van der Waals surface area contributed by atoms with Gasteiger partial charge in [0.25, 0.3) is 0 Å². The lowest BCUT2D eigenvalue weighted by Gasteiger charge is -2.18. The van der Waals surface area contributed by atoms with Crippen molar-refractivity contribution in [1.82, 2.24) is 4.72 Å². The summed E-state index contributed by atoms with van der Waals surface area (Å²) in [4.78, 5) is 10.6. The van der Waals surface area contributed by atoms with Gasteiger partial charge in [-0.1, -0.05) is 0 Å². The number of carbonyl (C=O) groups excluding carboxylic acids is 1. The highest BCUT2D eigenvalue weighted by Crippen LogP contribution is 2.05. The molecule has 0 aliphatic heterocycles. The lowest BCUT2D eigenvalue weighted by Crippen LogP contribution is -2.31. The number of carbonyl (C=O) groups is 1. The first kappa shape index (κ1) is 10.2. The van der Waals surface area contributed by atoms with E-state index in [0.717, 1.165) is 0 Å². The topological polar surface area (TPSA) is 72.5 Å². The summed E-state index contributed by atoms with van der Waals surface area (Å²) < 4.78 is 26.0. The van der Waals surface area contributed by atoms with Crippen molar-refractivity contribution in [2.45, 2.75) is 26.4 Å². The van der Waals surface area contributed by atoms with Crippen LogP contribution in [-0.2, 0) is 15.6 Å². The van der Waals surface area contributed by atoms with Crippen LogP contribution in [0.1, 0.15) is 20.8 Å². The summed E-state index contributed by atoms with van der Waals surface area (Å²) in [5.41, 5.74) is -0.671. The average molecular weight is 181 g/mol. The molecule has 0 aromatic carbocycles. The van der Waals surface area contributed by atoms with Crippen LogP contribution in [0, 0.1) is 0 Å². The quantitative estimate of drug-likeness (QED) is 0.560. The van der Waals surface area contributed by atoms with Gasteiger partial charge in [0.1, 0.15) is 5.60 Å². The van der Waals surface area contributed by atoms with Gasteiger partial charge in [-0.05, 0) is 20.8 Å². The van der Waals surface area contributed by atoms with Crippen LogP contribution in [0.15, 0.2) is 0 Å². The highest BCUT2D eigenvalue weighted by atomic mass is 32.2. The van der Waals surface area contributed by atoms with Crippen molar-refractivity contribution < 1.29 is 17.9 Å². The maximum Gasteiger partial charge on any atom is 0.421 e. The molecule has 66 valence electrons. The van der Waals surface area contributed by atoms with Crippen LogP contribution in [0.5, 0.6) is 0 Å². The Morgan fingerprint density at radius 2 is 1.82 bits per heavy atom. The van der Waals surface area contributed by atoms with E-state index in [1.165, 1.54) is 0 Å². The van der Waals surface area contributed by atoms with Crippen molar-refractivity contribution >= 4 is 17.0 Å². The summed E-state index contributed by atoms with van der Waals surface area (Å²) in [6, 6.07) is 0. The van der Waals surface area contributed by atoms with E-state index in [4.69, 9.17) is 0 Å². The molecule has 0 aromatic heterocycles. The van der Waals surface area contributed by atoms with Gasteiger partial charge >= 0.3 is 6.09 Å². The van der Waals surface area contributed by atoms with Crippen molar-refractivity contribution in [2.24, 2.45) is 0 Å². The summed E-state index contributed by atoms with van der Waals surface area (Å²) in [6.45, 7) is 4.93. The standard InChI is InChI=1S/C5H11NO4S/c1-5(2,3)10-4(7)6-11(8)9/h11H,1-3H3,(H,6,7,8,9). The van der Waals surface area contributed by atoms with Crippen molar-refractivity contribution in [3.8, 4) is 0 Å². The molecule has 11 heavy (non-hydrogen) atoms. The molecular formula is C5H11NO4S. The molecule has 0 rings (SSSR count). The number of nitrogens with one attached hydrogen (secondary N) is 1. The maximum atomic E-state index is 10.6. The minimum atomic E-state index is -2.92. The van der Waals surface area contributed by atoms with Gasteiger partial charge in [-0.15, -0.1) is 0 Å². The van der Waals surface area contributed by atoms with E-state index in [1.807, 2.05) is 0 Å². The molecule has 0 saturated heterocycles. The lowest BCUT2D eigenvalue weighted by atomic mass is 10.2. The van der Waals surface area contributed by atoms with Crippen LogP contribution in [0.3, 0.4) is 0 Å². The Labute approximate surface area is 66.8 Å². The summed E-state index contributed by atoms with van der Waals surface area (Å²) in [7, 11) is -2.92. The number of rotatable bonds is 1. The Bertz CT molecular complexity index is 207. The van der Waals surface area contributed by atoms with Crippen molar-refractivity contribution in [3.05, 3.63) is 0 Å². The molecule has 0 aliphatic rings. The molecule has 0 atom stereocenters. The third-order valence-electron chi connectivity index (χ3n) is 0.581. The molecule has 0 fully saturated rings. The Kier molecular flexibility index (Phi) is 3.31. The third-order valence-corrected chi connectivity index (χ3v) is 0.947. The van der Waals surface area contributed by atoms with Gasteiger partial charge < -0.3 is 4.74 Å². The maximum absolute atomic E-state index is 10.6. The zero-order valence-electron chi connectivity index (χ0n) is 6.58. The van der Waals surface area contributed by atoms with Gasteiger partial charge in [0.2, 0.25) is 10.9 Å². The highest BCUT2D eigenvalue weighted by Gasteiger charge is 2.15. The fraction of sp³-hybridized carbons (Fsp3) is 0.800. The predicted molar refractivity (Wildman–Crippen MR) is 39.7 cm³/mol. The SMILES string of the molecule is CC(C)(C)OC(=O)N[SH](=O)=O. The molecular weight excluding hydrogens is 170 g/mol. The molecule has 0 spiro atoms. The number of hydrogen-bond acceptors (Lipinski definition) is 4. The molecule has 0 aromatic rings. The van der Waals surface area contributed by atoms with Crippen LogP contribution < -0.4 is 4.72 Å². The van der Waals surface area contributed by atoms with Gasteiger partial charge in [-0.2, -0.15) is 0 Å². The fourth-order valence-electron chi connectivity index (χ4n) is 0.375. The Morgan fingerprint density at radius 1 is 1.36 bits per heavy atom. The molecule has 0 saturated carbocycles. The van der Waals surface area contributed by atoms with Crippen LogP contribution >= 0.6 is 0 Å². The van der Waals surface area contributed by atoms with Crippen LogP contribution in [0.25, 0.3) is 0 Å². The number of thiol groups is 1. The van der Waals surface area contributed by atoms with Crippen LogP contribution in [0.2, 0.25) is 0 Å². The minimum Gasteiger partial charge on any atom is -0.443 e. The van der Waals surface area contributed by atoms with E-state index >= 15 is 0 Å². The van der Waals surface area contributed by atoms with Crippen molar-refractivity contribution in [1.29, 1.82) is 0 Å². The van der Waals surface area contributed by atoms with Crippen molar-refractivity contribution in [3.63, 3.8) is 0 Å². The average Bonchev–Trinajstić information content (AvgIpc) is 1.53. The van der Waals surface area contributed by atoms with E-state index in [1.54, 1.807) is 25.5 Å². The molecule has 1 amide bonds. The second kappa shape index (κ2) is 3.56. The van der Waals surface area contributed by atoms with Crippen LogP contribution in [-0.4, -0.2) is 20.1 Å². The molecule has 0 radical (unpaired) electrons. The monoisotopic (exact) mass is 181 g/mol. The van der Waals surface area contributed by atoms with E-state index < -0.39 is 22.6 Å². The smallest absolute Gasteiger partial charge is 0.421 e. The summed E-state index contributed by atoms with van der Waals surface area (Å²) in [6.07, 6.45) is -0.950. The van der Waals surface area contributed by atoms with Crippen LogP contribution in [0.4, 0.5) is 4.79 Å². The predicted octanol–water partition coefficient (Wildman–Crippen LogP) is 0.0375. The van der Waals surface area contributed by atoms with Gasteiger partial charge in [0, 0.05) is 0 Å². The molecule has 6 heteroatoms. The number of amides is 1. The normalized spacial score (nSPS) is 11.3. The Morgan fingerprint density at radius 3 is 2.09 bits per heavy atom. The highest BCUT2D eigenvalue weighted by molar-refractivity contribution is 7.70. The second-order valence-electron chi connectivity index (χ2n) is 2.87. The molecule has 1 N–H and O–H groups in total. The van der Waals surface area contributed by atoms with E-state index in [2.05, 4.69) is 4.74 Å². The second-order valence-corrected chi connectivity index (χ2v) is 3.61. The van der Waals surface area contributed by atoms with E-state index in [9.17, 15) is 13.2 Å². The lowest BCUT2D eigenvalue weighted by molar-refractivity contribution is 0.0572. The zero-order valence-corrected chi connectivity index (χ0v) is 7.47. The number of hydrogen-bond donors (Lipinski definition) is 2. The summed E-state index contributed by atoms with van der Waals surface area (Å²) in [5.74, 6) is 0. The summed E-state index contributed by atoms with van der Waals surface area (Å²) in [5, 5.41) is 0. The Hall–Kier alpha value is -0.780. The third kappa shape index (κ3) is 7.11. The minimum absolute atomic E-state index is 0.671. The van der Waals surface area contributed by atoms with Gasteiger partial charge in [-0.25, -0.2) is 17.9 Å². The van der Waals surface area contributed by atoms with Gasteiger partial charge in [-0.3, -0.25) is 0 Å². The molecule has 0 unspecified atom stereocenters. The van der Waals surface area contributed by atoms with E-state index in [0.29, 0.717) is 0 Å². The molecule has 5 nitrogen and oxygen atoms in total. The number of ether oxygens (including phenoxy) is 1.